The molecule has 98 valence electrons. The molecule has 1 aromatic heterocycles. The Balaban J connectivity index is 2.81. The molecule has 0 amide bonds. The van der Waals surface area contributed by atoms with Gasteiger partial charge in [0.2, 0.25) is 0 Å². The quantitative estimate of drug-likeness (QED) is 0.725. The van der Waals surface area contributed by atoms with Crippen LogP contribution >= 0.6 is 0 Å². The highest BCUT2D eigenvalue weighted by atomic mass is 28.4. The highest BCUT2D eigenvalue weighted by molar-refractivity contribution is 6.74. The van der Waals surface area contributed by atoms with Crippen LogP contribution in [-0.2, 0) is 4.43 Å². The number of oxazole rings is 1. The van der Waals surface area contributed by atoms with E-state index in [1.54, 1.807) is 6.26 Å². The molecule has 0 N–H and O–H groups in total. The van der Waals surface area contributed by atoms with Gasteiger partial charge in [0.05, 0.1) is 6.10 Å². The van der Waals surface area contributed by atoms with Gasteiger partial charge in [-0.3, -0.25) is 0 Å². The molecule has 0 aliphatic heterocycles. The molecule has 17 heavy (non-hydrogen) atoms. The SMILES string of the molecule is CCCC(O[Si](C)(C)C(C)(C)C)c1cocn1. The molecule has 4 heteroatoms. The van der Waals surface area contributed by atoms with Gasteiger partial charge in [-0.15, -0.1) is 0 Å². The van der Waals surface area contributed by atoms with Gasteiger partial charge in [-0.25, -0.2) is 4.98 Å². The van der Waals surface area contributed by atoms with Crippen LogP contribution in [0.3, 0.4) is 0 Å². The van der Waals surface area contributed by atoms with E-state index in [0.29, 0.717) is 0 Å². The van der Waals surface area contributed by atoms with E-state index in [1.807, 2.05) is 0 Å². The van der Waals surface area contributed by atoms with Crippen LogP contribution in [0.15, 0.2) is 17.1 Å². The van der Waals surface area contributed by atoms with Gasteiger partial charge in [-0.05, 0) is 24.6 Å². The van der Waals surface area contributed by atoms with E-state index in [9.17, 15) is 0 Å². The lowest BCUT2D eigenvalue weighted by molar-refractivity contribution is 0.168. The molecule has 1 unspecified atom stereocenters. The second-order valence-corrected chi connectivity index (χ2v) is 10.8. The van der Waals surface area contributed by atoms with Crippen molar-refractivity contribution in [2.24, 2.45) is 0 Å². The average molecular weight is 255 g/mol. The summed E-state index contributed by atoms with van der Waals surface area (Å²) in [5, 5.41) is 0.225. The van der Waals surface area contributed by atoms with Crippen molar-refractivity contribution in [2.75, 3.05) is 0 Å². The molecule has 0 radical (unpaired) electrons. The van der Waals surface area contributed by atoms with Gasteiger partial charge in [0, 0.05) is 0 Å². The summed E-state index contributed by atoms with van der Waals surface area (Å²) in [5.41, 5.74) is 0.927. The summed E-state index contributed by atoms with van der Waals surface area (Å²) in [4.78, 5) is 4.23. The summed E-state index contributed by atoms with van der Waals surface area (Å²) < 4.78 is 11.5. The predicted molar refractivity (Wildman–Crippen MR) is 72.4 cm³/mol. The molecule has 0 aromatic carbocycles. The first-order valence-corrected chi connectivity index (χ1v) is 9.24. The molecular formula is C13H25NO2Si. The van der Waals surface area contributed by atoms with Crippen molar-refractivity contribution in [1.82, 2.24) is 4.98 Å². The van der Waals surface area contributed by atoms with E-state index in [2.05, 4.69) is 45.8 Å². The molecule has 1 atom stereocenters. The van der Waals surface area contributed by atoms with Crippen LogP contribution in [-0.4, -0.2) is 13.3 Å². The van der Waals surface area contributed by atoms with Gasteiger partial charge in [-0.1, -0.05) is 34.1 Å². The summed E-state index contributed by atoms with van der Waals surface area (Å²) in [6.07, 6.45) is 5.35. The number of aromatic nitrogens is 1. The molecule has 1 aromatic rings. The fourth-order valence-corrected chi connectivity index (χ4v) is 2.75. The van der Waals surface area contributed by atoms with Crippen molar-refractivity contribution in [2.45, 2.75) is 64.8 Å². The molecule has 0 saturated carbocycles. The third-order valence-electron chi connectivity index (χ3n) is 3.58. The predicted octanol–water partition coefficient (Wildman–Crippen LogP) is 4.54. The minimum Gasteiger partial charge on any atom is -0.451 e. The highest BCUT2D eigenvalue weighted by Gasteiger charge is 2.39. The maximum Gasteiger partial charge on any atom is 0.192 e. The Hall–Kier alpha value is -0.613. The van der Waals surface area contributed by atoms with Crippen molar-refractivity contribution >= 4 is 8.32 Å². The normalized spacial score (nSPS) is 14.9. The van der Waals surface area contributed by atoms with Gasteiger partial charge in [-0.2, -0.15) is 0 Å². The van der Waals surface area contributed by atoms with E-state index in [1.165, 1.54) is 6.39 Å². The zero-order valence-corrected chi connectivity index (χ0v) is 12.9. The zero-order valence-electron chi connectivity index (χ0n) is 11.9. The van der Waals surface area contributed by atoms with Gasteiger partial charge >= 0.3 is 0 Å². The van der Waals surface area contributed by atoms with Crippen LogP contribution in [0.5, 0.6) is 0 Å². The Kier molecular flexibility index (Phi) is 4.55. The summed E-state index contributed by atoms with van der Waals surface area (Å²) >= 11 is 0. The molecule has 0 bridgehead atoms. The summed E-state index contributed by atoms with van der Waals surface area (Å²) in [6, 6.07) is 0. The molecule has 1 rings (SSSR count). The van der Waals surface area contributed by atoms with Crippen molar-refractivity contribution in [1.29, 1.82) is 0 Å². The topological polar surface area (TPSA) is 35.3 Å². The first-order valence-electron chi connectivity index (χ1n) is 6.34. The summed E-state index contributed by atoms with van der Waals surface area (Å²) in [7, 11) is -1.74. The molecule has 0 fully saturated rings. The van der Waals surface area contributed by atoms with Crippen LogP contribution in [0.1, 0.15) is 52.3 Å². The van der Waals surface area contributed by atoms with Gasteiger partial charge < -0.3 is 8.84 Å². The second kappa shape index (κ2) is 5.36. The molecule has 0 aliphatic carbocycles. The molecular weight excluding hydrogens is 230 g/mol. The summed E-state index contributed by atoms with van der Waals surface area (Å²) in [5.74, 6) is 0. The van der Waals surface area contributed by atoms with Crippen LogP contribution in [0.4, 0.5) is 0 Å². The van der Waals surface area contributed by atoms with Crippen LogP contribution in [0.2, 0.25) is 18.1 Å². The van der Waals surface area contributed by atoms with Gasteiger partial charge in [0.25, 0.3) is 0 Å². The number of nitrogens with zero attached hydrogens (tertiary/aromatic N) is 1. The third-order valence-corrected chi connectivity index (χ3v) is 8.06. The van der Waals surface area contributed by atoms with Crippen molar-refractivity contribution < 1.29 is 8.84 Å². The molecule has 0 spiro atoms. The van der Waals surface area contributed by atoms with E-state index >= 15 is 0 Å². The second-order valence-electron chi connectivity index (χ2n) is 6.07. The first kappa shape index (κ1) is 14.4. The number of hydrogen-bond donors (Lipinski definition) is 0. The van der Waals surface area contributed by atoms with Crippen LogP contribution < -0.4 is 0 Å². The Labute approximate surface area is 106 Å². The van der Waals surface area contributed by atoms with Crippen molar-refractivity contribution in [3.8, 4) is 0 Å². The Morgan fingerprint density at radius 2 is 2.06 bits per heavy atom. The van der Waals surface area contributed by atoms with E-state index in [-0.39, 0.29) is 11.1 Å². The molecule has 0 saturated heterocycles. The monoisotopic (exact) mass is 255 g/mol. The van der Waals surface area contributed by atoms with E-state index < -0.39 is 8.32 Å². The Morgan fingerprint density at radius 3 is 2.47 bits per heavy atom. The maximum atomic E-state index is 6.40. The standard InChI is InChI=1S/C13H25NO2Si/c1-7-8-12(11-9-15-10-14-11)16-17(5,6)13(2,3)4/h9-10,12H,7-8H2,1-6H3. The van der Waals surface area contributed by atoms with Gasteiger partial charge in [0.1, 0.15) is 12.0 Å². The lowest BCUT2D eigenvalue weighted by atomic mass is 10.2. The van der Waals surface area contributed by atoms with Crippen molar-refractivity contribution in [3.63, 3.8) is 0 Å². The Bertz CT molecular complexity index is 328. The Morgan fingerprint density at radius 1 is 1.41 bits per heavy atom. The van der Waals surface area contributed by atoms with Crippen molar-refractivity contribution in [3.05, 3.63) is 18.4 Å². The maximum absolute atomic E-state index is 6.40. The lowest BCUT2D eigenvalue weighted by Crippen LogP contribution is -2.41. The van der Waals surface area contributed by atoms with Gasteiger partial charge in [0.15, 0.2) is 14.7 Å². The minimum atomic E-state index is -1.74. The van der Waals surface area contributed by atoms with Crippen LogP contribution in [0, 0.1) is 0 Å². The smallest absolute Gasteiger partial charge is 0.192 e. The lowest BCUT2D eigenvalue weighted by Gasteiger charge is -2.38. The zero-order chi connectivity index (χ0) is 13.1. The first-order chi connectivity index (χ1) is 7.78. The summed E-state index contributed by atoms with van der Waals surface area (Å²) in [6.45, 7) is 13.5. The van der Waals surface area contributed by atoms with E-state index in [4.69, 9.17) is 8.84 Å². The third kappa shape index (κ3) is 3.68. The number of hydrogen-bond acceptors (Lipinski definition) is 3. The molecule has 1 heterocycles. The highest BCUT2D eigenvalue weighted by Crippen LogP contribution is 2.40. The fourth-order valence-electron chi connectivity index (χ4n) is 1.44. The molecule has 0 aliphatic rings. The fraction of sp³-hybridized carbons (Fsp3) is 0.769. The number of rotatable bonds is 5. The molecule has 3 nitrogen and oxygen atoms in total. The average Bonchev–Trinajstić information content (AvgIpc) is 2.67. The minimum absolute atomic E-state index is 0.0830. The van der Waals surface area contributed by atoms with E-state index in [0.717, 1.165) is 18.5 Å². The largest absolute Gasteiger partial charge is 0.451 e. The van der Waals surface area contributed by atoms with Crippen LogP contribution in [0.25, 0.3) is 0 Å².